The summed E-state index contributed by atoms with van der Waals surface area (Å²) in [5, 5.41) is -0.416. The van der Waals surface area contributed by atoms with Crippen molar-refractivity contribution in [1.29, 1.82) is 0 Å². The third kappa shape index (κ3) is 5.30. The van der Waals surface area contributed by atoms with Crippen LogP contribution in [0.1, 0.15) is 48.0 Å². The third-order valence-electron chi connectivity index (χ3n) is 6.89. The fraction of sp³-hybridized carbons (Fsp3) is 0.480. The molecule has 196 valence electrons. The summed E-state index contributed by atoms with van der Waals surface area (Å²) >= 11 is 0. The molecular weight excluding hydrogens is 500 g/mol. The Labute approximate surface area is 207 Å². The van der Waals surface area contributed by atoms with Crippen LogP contribution < -0.4 is 9.64 Å². The number of benzene rings is 2. The van der Waals surface area contributed by atoms with Gasteiger partial charge in [0, 0.05) is 26.2 Å². The van der Waals surface area contributed by atoms with E-state index >= 15 is 0 Å². The van der Waals surface area contributed by atoms with E-state index in [2.05, 4.69) is 0 Å². The van der Waals surface area contributed by atoms with Gasteiger partial charge in [-0.25, -0.2) is 12.8 Å². The average molecular weight is 529 g/mol. The molecule has 6 nitrogen and oxygen atoms in total. The predicted molar refractivity (Wildman–Crippen MR) is 127 cm³/mol. The zero-order valence-electron chi connectivity index (χ0n) is 19.9. The number of sulfone groups is 1. The molecule has 1 saturated carbocycles. The molecule has 1 heterocycles. The maximum absolute atomic E-state index is 13.4. The van der Waals surface area contributed by atoms with Crippen LogP contribution in [0, 0.1) is 5.82 Å². The first-order valence-electron chi connectivity index (χ1n) is 11.9. The Kier molecular flexibility index (Phi) is 7.49. The van der Waals surface area contributed by atoms with E-state index in [0.717, 1.165) is 31.4 Å². The second-order valence-electron chi connectivity index (χ2n) is 9.11. The number of methoxy groups -OCH3 is 1. The minimum atomic E-state index is -4.87. The molecule has 0 spiro atoms. The predicted octanol–water partition coefficient (Wildman–Crippen LogP) is 4.92. The molecule has 1 aliphatic heterocycles. The van der Waals surface area contributed by atoms with E-state index in [1.54, 1.807) is 18.2 Å². The van der Waals surface area contributed by atoms with Gasteiger partial charge >= 0.3 is 6.18 Å². The van der Waals surface area contributed by atoms with Gasteiger partial charge < -0.3 is 14.5 Å². The number of piperazine rings is 1. The fourth-order valence-electron chi connectivity index (χ4n) is 4.92. The van der Waals surface area contributed by atoms with E-state index < -0.39 is 44.1 Å². The maximum atomic E-state index is 13.4. The summed E-state index contributed by atoms with van der Waals surface area (Å²) in [5.41, 5.74) is -1.35. The number of hydrogen-bond donors (Lipinski definition) is 0. The van der Waals surface area contributed by atoms with Crippen molar-refractivity contribution in [1.82, 2.24) is 4.90 Å². The van der Waals surface area contributed by atoms with Crippen molar-refractivity contribution in [2.45, 2.75) is 48.4 Å². The zero-order valence-corrected chi connectivity index (χ0v) is 20.7. The fourth-order valence-corrected chi connectivity index (χ4v) is 6.79. The van der Waals surface area contributed by atoms with Crippen molar-refractivity contribution < 1.29 is 35.5 Å². The van der Waals surface area contributed by atoms with Crippen molar-refractivity contribution in [3.05, 3.63) is 53.3 Å². The van der Waals surface area contributed by atoms with Crippen LogP contribution in [0.3, 0.4) is 0 Å². The third-order valence-corrected chi connectivity index (χ3v) is 9.15. The van der Waals surface area contributed by atoms with Gasteiger partial charge in [0.1, 0.15) is 11.6 Å². The molecule has 0 aromatic heterocycles. The van der Waals surface area contributed by atoms with E-state index in [1.807, 2.05) is 4.90 Å². The molecule has 0 bridgehead atoms. The normalized spacial score (nSPS) is 17.8. The number of ether oxygens (including phenoxy) is 1. The van der Waals surface area contributed by atoms with Crippen molar-refractivity contribution >= 4 is 21.4 Å². The number of nitrogens with zero attached hydrogens (tertiary/aromatic N) is 2. The summed E-state index contributed by atoms with van der Waals surface area (Å²) in [6, 6.07) is 6.75. The van der Waals surface area contributed by atoms with Crippen LogP contribution in [0.25, 0.3) is 0 Å². The Morgan fingerprint density at radius 2 is 1.64 bits per heavy atom. The summed E-state index contributed by atoms with van der Waals surface area (Å²) in [6.07, 6.45) is -0.806. The van der Waals surface area contributed by atoms with Gasteiger partial charge in [-0.05, 0) is 49.2 Å². The molecule has 1 amide bonds. The van der Waals surface area contributed by atoms with Gasteiger partial charge in [0.25, 0.3) is 5.91 Å². The minimum Gasteiger partial charge on any atom is -0.495 e. The van der Waals surface area contributed by atoms with Gasteiger partial charge in [0.2, 0.25) is 0 Å². The largest absolute Gasteiger partial charge is 0.495 e. The number of halogens is 4. The molecule has 11 heteroatoms. The van der Waals surface area contributed by atoms with Crippen molar-refractivity contribution in [2.24, 2.45) is 0 Å². The molecule has 0 radical (unpaired) electrons. The molecule has 1 saturated heterocycles. The van der Waals surface area contributed by atoms with Gasteiger partial charge in [-0.15, -0.1) is 0 Å². The smallest absolute Gasteiger partial charge is 0.417 e. The van der Waals surface area contributed by atoms with Crippen molar-refractivity contribution in [2.75, 3.05) is 38.2 Å². The second kappa shape index (κ2) is 10.3. The number of carbonyl (C=O) groups excluding carboxylic acids is 1. The molecule has 4 rings (SSSR count). The van der Waals surface area contributed by atoms with Crippen LogP contribution in [-0.4, -0.2) is 57.8 Å². The highest BCUT2D eigenvalue weighted by molar-refractivity contribution is 7.92. The molecule has 0 atom stereocenters. The Morgan fingerprint density at radius 3 is 2.25 bits per heavy atom. The Morgan fingerprint density at radius 1 is 0.972 bits per heavy atom. The lowest BCUT2D eigenvalue weighted by Crippen LogP contribution is -2.49. The second-order valence-corrected chi connectivity index (χ2v) is 11.3. The Balaban J connectivity index is 1.53. The van der Waals surface area contributed by atoms with Crippen LogP contribution in [0.4, 0.5) is 23.2 Å². The number of alkyl halides is 3. The maximum Gasteiger partial charge on any atom is 0.417 e. The van der Waals surface area contributed by atoms with Gasteiger partial charge in [0.15, 0.2) is 9.84 Å². The molecule has 0 N–H and O–H groups in total. The number of carbonyl (C=O) groups is 1. The topological polar surface area (TPSA) is 66.9 Å². The number of amides is 1. The zero-order chi connectivity index (χ0) is 26.1. The first kappa shape index (κ1) is 26.2. The Bertz CT molecular complexity index is 1220. The summed E-state index contributed by atoms with van der Waals surface area (Å²) < 4.78 is 85.5. The quantitative estimate of drug-likeness (QED) is 0.516. The molecule has 2 aliphatic rings. The van der Waals surface area contributed by atoms with E-state index in [1.165, 1.54) is 12.0 Å². The Hall–Kier alpha value is -2.82. The van der Waals surface area contributed by atoms with E-state index in [0.29, 0.717) is 30.3 Å². The standard InChI is InChI=1S/C25H28F4N2O4S/c1-35-23-10-8-19(36(33,34)18-5-3-2-4-6-18)16-22(23)30-11-13-31(14-12-30)24(32)20-9-7-17(26)15-21(20)25(27,28)29/h7-10,15-16,18H,2-6,11-14H2,1H3. The average Bonchev–Trinajstić information content (AvgIpc) is 2.88. The van der Waals surface area contributed by atoms with Crippen molar-refractivity contribution in [3.8, 4) is 5.75 Å². The first-order valence-corrected chi connectivity index (χ1v) is 13.4. The van der Waals surface area contributed by atoms with E-state index in [4.69, 9.17) is 4.74 Å². The molecular formula is C25H28F4N2O4S. The van der Waals surface area contributed by atoms with E-state index in [-0.39, 0.29) is 31.1 Å². The monoisotopic (exact) mass is 528 g/mol. The summed E-state index contributed by atoms with van der Waals surface area (Å²) in [4.78, 5) is 16.2. The van der Waals surface area contributed by atoms with Crippen LogP contribution >= 0.6 is 0 Å². The van der Waals surface area contributed by atoms with Gasteiger partial charge in [0.05, 0.1) is 34.1 Å². The molecule has 2 aromatic carbocycles. The van der Waals surface area contributed by atoms with Crippen LogP contribution in [0.15, 0.2) is 41.3 Å². The lowest BCUT2D eigenvalue weighted by atomic mass is 10.0. The summed E-state index contributed by atoms with van der Waals surface area (Å²) in [5.74, 6) is -1.43. The van der Waals surface area contributed by atoms with Crippen LogP contribution in [-0.2, 0) is 16.0 Å². The van der Waals surface area contributed by atoms with Gasteiger partial charge in [-0.2, -0.15) is 13.2 Å². The molecule has 1 aliphatic carbocycles. The summed E-state index contributed by atoms with van der Waals surface area (Å²) in [7, 11) is -2.04. The summed E-state index contributed by atoms with van der Waals surface area (Å²) in [6.45, 7) is 0.738. The SMILES string of the molecule is COc1ccc(S(=O)(=O)C2CCCCC2)cc1N1CCN(C(=O)c2ccc(F)cc2C(F)(F)F)CC1. The molecule has 36 heavy (non-hydrogen) atoms. The molecule has 2 aromatic rings. The highest BCUT2D eigenvalue weighted by Crippen LogP contribution is 2.36. The highest BCUT2D eigenvalue weighted by atomic mass is 32.2. The first-order chi connectivity index (χ1) is 17.0. The number of anilines is 1. The van der Waals surface area contributed by atoms with Crippen LogP contribution in [0.5, 0.6) is 5.75 Å². The minimum absolute atomic E-state index is 0.107. The highest BCUT2D eigenvalue weighted by Gasteiger charge is 2.37. The lowest BCUT2D eigenvalue weighted by molar-refractivity contribution is -0.138. The molecule has 2 fully saturated rings. The lowest BCUT2D eigenvalue weighted by Gasteiger charge is -2.37. The van der Waals surface area contributed by atoms with Gasteiger partial charge in [-0.3, -0.25) is 4.79 Å². The van der Waals surface area contributed by atoms with Crippen LogP contribution in [0.2, 0.25) is 0 Å². The number of hydrogen-bond acceptors (Lipinski definition) is 5. The number of rotatable bonds is 5. The van der Waals surface area contributed by atoms with Crippen molar-refractivity contribution in [3.63, 3.8) is 0 Å². The molecule has 0 unspecified atom stereocenters. The van der Waals surface area contributed by atoms with E-state index in [9.17, 15) is 30.8 Å². The van der Waals surface area contributed by atoms with Gasteiger partial charge in [-0.1, -0.05) is 19.3 Å².